The Balaban J connectivity index is 2.18. The van der Waals surface area contributed by atoms with Crippen molar-refractivity contribution in [1.82, 2.24) is 9.78 Å². The van der Waals surface area contributed by atoms with Crippen molar-refractivity contribution in [3.63, 3.8) is 0 Å². The number of nitrogens with two attached hydrogens (primary N) is 1. The molecule has 0 atom stereocenters. The predicted octanol–water partition coefficient (Wildman–Crippen LogP) is 2.53. The predicted molar refractivity (Wildman–Crippen MR) is 68.6 cm³/mol. The SMILES string of the molecule is NCCCc1cnn(-c2cccc(Br)c2)c1. The quantitative estimate of drug-likeness (QED) is 0.935. The third kappa shape index (κ3) is 2.71. The smallest absolute Gasteiger partial charge is 0.0656 e. The lowest BCUT2D eigenvalue weighted by Crippen LogP contribution is -1.99. The molecule has 0 aliphatic rings. The first-order chi connectivity index (χ1) is 7.79. The average molecular weight is 280 g/mol. The Morgan fingerprint density at radius 2 is 2.25 bits per heavy atom. The van der Waals surface area contributed by atoms with Crippen LogP contribution in [0.15, 0.2) is 41.1 Å². The monoisotopic (exact) mass is 279 g/mol. The third-order valence-corrected chi connectivity index (χ3v) is 2.87. The highest BCUT2D eigenvalue weighted by Gasteiger charge is 2.00. The summed E-state index contributed by atoms with van der Waals surface area (Å²) in [4.78, 5) is 0. The van der Waals surface area contributed by atoms with Crippen molar-refractivity contribution in [3.8, 4) is 5.69 Å². The molecule has 16 heavy (non-hydrogen) atoms. The largest absolute Gasteiger partial charge is 0.330 e. The molecule has 0 bridgehead atoms. The van der Waals surface area contributed by atoms with Crippen LogP contribution in [0, 0.1) is 0 Å². The van der Waals surface area contributed by atoms with Crippen molar-refractivity contribution in [2.24, 2.45) is 5.73 Å². The number of rotatable bonds is 4. The van der Waals surface area contributed by atoms with Gasteiger partial charge in [-0.05, 0) is 43.1 Å². The first-order valence-corrected chi connectivity index (χ1v) is 6.08. The molecular formula is C12H14BrN3. The average Bonchev–Trinajstić information content (AvgIpc) is 2.75. The Hall–Kier alpha value is -1.13. The molecule has 3 nitrogen and oxygen atoms in total. The number of nitrogens with zero attached hydrogens (tertiary/aromatic N) is 2. The normalized spacial score (nSPS) is 10.6. The molecule has 2 N–H and O–H groups in total. The van der Waals surface area contributed by atoms with E-state index in [-0.39, 0.29) is 0 Å². The summed E-state index contributed by atoms with van der Waals surface area (Å²) in [5.41, 5.74) is 7.77. The van der Waals surface area contributed by atoms with E-state index in [1.165, 1.54) is 5.56 Å². The van der Waals surface area contributed by atoms with Gasteiger partial charge in [0.1, 0.15) is 0 Å². The van der Waals surface area contributed by atoms with Crippen LogP contribution in [0.1, 0.15) is 12.0 Å². The fourth-order valence-electron chi connectivity index (χ4n) is 1.56. The first kappa shape index (κ1) is 11.4. The van der Waals surface area contributed by atoms with Gasteiger partial charge in [-0.1, -0.05) is 22.0 Å². The molecule has 4 heteroatoms. The van der Waals surface area contributed by atoms with Gasteiger partial charge in [-0.15, -0.1) is 0 Å². The van der Waals surface area contributed by atoms with Gasteiger partial charge in [0.25, 0.3) is 0 Å². The molecule has 0 fully saturated rings. The summed E-state index contributed by atoms with van der Waals surface area (Å²) in [7, 11) is 0. The molecule has 84 valence electrons. The maximum Gasteiger partial charge on any atom is 0.0656 e. The van der Waals surface area contributed by atoms with Gasteiger partial charge < -0.3 is 5.73 Å². The Bertz CT molecular complexity index is 465. The van der Waals surface area contributed by atoms with Crippen LogP contribution in [0.25, 0.3) is 5.69 Å². The second-order valence-electron chi connectivity index (χ2n) is 3.67. The Labute approximate surface area is 103 Å². The fraction of sp³-hybridized carbons (Fsp3) is 0.250. The highest BCUT2D eigenvalue weighted by atomic mass is 79.9. The summed E-state index contributed by atoms with van der Waals surface area (Å²) >= 11 is 3.45. The Morgan fingerprint density at radius 3 is 3.00 bits per heavy atom. The van der Waals surface area contributed by atoms with E-state index in [2.05, 4.69) is 27.2 Å². The molecule has 2 rings (SSSR count). The van der Waals surface area contributed by atoms with E-state index in [1.54, 1.807) is 0 Å². The van der Waals surface area contributed by atoms with Gasteiger partial charge in [-0.3, -0.25) is 0 Å². The zero-order valence-corrected chi connectivity index (χ0v) is 10.5. The molecule has 1 heterocycles. The first-order valence-electron chi connectivity index (χ1n) is 5.29. The Morgan fingerprint density at radius 1 is 1.38 bits per heavy atom. The van der Waals surface area contributed by atoms with Crippen LogP contribution in [0.2, 0.25) is 0 Å². The fourth-order valence-corrected chi connectivity index (χ4v) is 1.94. The molecule has 0 spiro atoms. The zero-order valence-electron chi connectivity index (χ0n) is 8.94. The number of aryl methyl sites for hydroxylation is 1. The molecule has 0 aliphatic carbocycles. The van der Waals surface area contributed by atoms with E-state index >= 15 is 0 Å². The van der Waals surface area contributed by atoms with Crippen molar-refractivity contribution in [3.05, 3.63) is 46.7 Å². The molecule has 1 aromatic carbocycles. The molecule has 0 saturated heterocycles. The summed E-state index contributed by atoms with van der Waals surface area (Å²) in [5, 5.41) is 4.34. The van der Waals surface area contributed by atoms with E-state index in [4.69, 9.17) is 5.73 Å². The highest BCUT2D eigenvalue weighted by molar-refractivity contribution is 9.10. The summed E-state index contributed by atoms with van der Waals surface area (Å²) in [6, 6.07) is 8.08. The molecule has 0 aliphatic heterocycles. The number of halogens is 1. The number of hydrogen-bond donors (Lipinski definition) is 1. The van der Waals surface area contributed by atoms with E-state index in [0.717, 1.165) is 29.5 Å². The van der Waals surface area contributed by atoms with Crippen LogP contribution in [0.4, 0.5) is 0 Å². The zero-order chi connectivity index (χ0) is 11.4. The molecule has 2 aromatic rings. The Kier molecular flexibility index (Phi) is 3.74. The highest BCUT2D eigenvalue weighted by Crippen LogP contribution is 2.15. The summed E-state index contributed by atoms with van der Waals surface area (Å²) < 4.78 is 2.94. The van der Waals surface area contributed by atoms with Gasteiger partial charge in [0.2, 0.25) is 0 Å². The van der Waals surface area contributed by atoms with Gasteiger partial charge in [0, 0.05) is 10.7 Å². The maximum absolute atomic E-state index is 5.48. The molecule has 0 saturated carbocycles. The lowest BCUT2D eigenvalue weighted by molar-refractivity contribution is 0.831. The molecule has 0 unspecified atom stereocenters. The second kappa shape index (κ2) is 5.27. The van der Waals surface area contributed by atoms with Crippen LogP contribution in [-0.2, 0) is 6.42 Å². The van der Waals surface area contributed by atoms with Gasteiger partial charge in [0.05, 0.1) is 11.9 Å². The molecule has 1 aromatic heterocycles. The van der Waals surface area contributed by atoms with Crippen LogP contribution < -0.4 is 5.73 Å². The van der Waals surface area contributed by atoms with Crippen molar-refractivity contribution < 1.29 is 0 Å². The lowest BCUT2D eigenvalue weighted by Gasteiger charge is -2.00. The van der Waals surface area contributed by atoms with E-state index in [0.29, 0.717) is 0 Å². The second-order valence-corrected chi connectivity index (χ2v) is 4.58. The summed E-state index contributed by atoms with van der Waals surface area (Å²) in [5.74, 6) is 0. The van der Waals surface area contributed by atoms with Crippen LogP contribution in [0.5, 0.6) is 0 Å². The minimum atomic E-state index is 0.724. The van der Waals surface area contributed by atoms with Gasteiger partial charge in [-0.2, -0.15) is 5.10 Å². The van der Waals surface area contributed by atoms with Crippen molar-refractivity contribution >= 4 is 15.9 Å². The van der Waals surface area contributed by atoms with Crippen LogP contribution in [0.3, 0.4) is 0 Å². The molecule has 0 radical (unpaired) electrons. The van der Waals surface area contributed by atoms with Gasteiger partial charge >= 0.3 is 0 Å². The summed E-state index contributed by atoms with van der Waals surface area (Å²) in [6.07, 6.45) is 5.95. The van der Waals surface area contributed by atoms with Gasteiger partial charge in [-0.25, -0.2) is 4.68 Å². The summed E-state index contributed by atoms with van der Waals surface area (Å²) in [6.45, 7) is 0.724. The maximum atomic E-state index is 5.48. The standard InChI is InChI=1S/C12H14BrN3/c13-11-4-1-5-12(7-11)16-9-10(8-15-16)3-2-6-14/h1,4-5,7-9H,2-3,6,14H2. The van der Waals surface area contributed by atoms with Crippen LogP contribution >= 0.6 is 15.9 Å². The molecular weight excluding hydrogens is 266 g/mol. The van der Waals surface area contributed by atoms with Crippen molar-refractivity contribution in [2.45, 2.75) is 12.8 Å². The van der Waals surface area contributed by atoms with Crippen molar-refractivity contribution in [2.75, 3.05) is 6.54 Å². The van der Waals surface area contributed by atoms with E-state index < -0.39 is 0 Å². The van der Waals surface area contributed by atoms with Gasteiger partial charge in [0.15, 0.2) is 0 Å². The topological polar surface area (TPSA) is 43.8 Å². The van der Waals surface area contributed by atoms with Crippen LogP contribution in [-0.4, -0.2) is 16.3 Å². The number of benzene rings is 1. The number of hydrogen-bond acceptors (Lipinski definition) is 2. The molecule has 0 amide bonds. The van der Waals surface area contributed by atoms with Crippen molar-refractivity contribution in [1.29, 1.82) is 0 Å². The van der Waals surface area contributed by atoms with E-state index in [1.807, 2.05) is 35.1 Å². The minimum absolute atomic E-state index is 0.724. The lowest BCUT2D eigenvalue weighted by atomic mass is 10.2. The van der Waals surface area contributed by atoms with E-state index in [9.17, 15) is 0 Å². The number of aromatic nitrogens is 2. The minimum Gasteiger partial charge on any atom is -0.330 e. The third-order valence-electron chi connectivity index (χ3n) is 2.38.